The van der Waals surface area contributed by atoms with Gasteiger partial charge in [-0.25, -0.2) is 18.0 Å². The molecule has 25 heavy (non-hydrogen) atoms. The van der Waals surface area contributed by atoms with E-state index < -0.39 is 22.0 Å². The van der Waals surface area contributed by atoms with Gasteiger partial charge in [-0.2, -0.15) is 4.31 Å². The summed E-state index contributed by atoms with van der Waals surface area (Å²) in [7, 11) is -2.99. The van der Waals surface area contributed by atoms with Crippen molar-refractivity contribution in [3.05, 3.63) is 12.2 Å². The number of carboxylic acids is 2. The minimum atomic E-state index is -2.99. The average Bonchev–Trinajstić information content (AvgIpc) is 2.57. The average molecular weight is 376 g/mol. The second kappa shape index (κ2) is 10.5. The quantitative estimate of drug-likeness (QED) is 0.540. The summed E-state index contributed by atoms with van der Waals surface area (Å²) in [6, 6.07) is 0. The van der Waals surface area contributed by atoms with Crippen LogP contribution in [0.3, 0.4) is 0 Å². The van der Waals surface area contributed by atoms with Gasteiger partial charge in [0, 0.05) is 32.7 Å². The predicted molar refractivity (Wildman–Crippen MR) is 93.8 cm³/mol. The number of carboxylic acid groups (broad SMARTS) is 2. The molecule has 1 heterocycles. The maximum Gasteiger partial charge on any atom is 0.414 e. The van der Waals surface area contributed by atoms with Gasteiger partial charge in [-0.05, 0) is 31.6 Å². The van der Waals surface area contributed by atoms with E-state index in [2.05, 4.69) is 17.1 Å². The molecule has 9 heteroatoms. The zero-order chi connectivity index (χ0) is 18.9. The second-order valence-electron chi connectivity index (χ2n) is 6.28. The van der Waals surface area contributed by atoms with E-state index in [9.17, 15) is 8.42 Å². The number of allylic oxidation sites excluding steroid dienone is 2. The molecule has 2 rings (SSSR count). The Morgan fingerprint density at radius 3 is 2.12 bits per heavy atom. The molecule has 0 spiro atoms. The minimum absolute atomic E-state index is 0.292. The summed E-state index contributed by atoms with van der Waals surface area (Å²) in [6.45, 7) is 6.18. The third kappa shape index (κ3) is 7.98. The first kappa shape index (κ1) is 21.6. The van der Waals surface area contributed by atoms with Crippen LogP contribution in [0.1, 0.15) is 32.6 Å². The fourth-order valence-electron chi connectivity index (χ4n) is 2.96. The van der Waals surface area contributed by atoms with Crippen LogP contribution in [0.4, 0.5) is 0 Å². The Morgan fingerprint density at radius 2 is 1.68 bits per heavy atom. The van der Waals surface area contributed by atoms with Crippen molar-refractivity contribution in [1.29, 1.82) is 0 Å². The number of nitrogens with zero attached hydrogens (tertiary/aromatic N) is 2. The predicted octanol–water partition coefficient (Wildman–Crippen LogP) is 0.856. The van der Waals surface area contributed by atoms with Gasteiger partial charge in [0.2, 0.25) is 10.0 Å². The maximum absolute atomic E-state index is 12.0. The fourth-order valence-corrected chi connectivity index (χ4v) is 4.46. The standard InChI is InChI=1S/C14H26N2O2S.C2H2O4/c1-2-12-19(17,18)16-10-8-15(9-11-16)13-14-6-4-3-5-7-14;3-1(4)2(5)6/h3-4,14H,2,5-13H2,1H3;(H,3,4)(H,5,6). The highest BCUT2D eigenvalue weighted by atomic mass is 32.2. The van der Waals surface area contributed by atoms with Gasteiger partial charge in [-0.3, -0.25) is 0 Å². The monoisotopic (exact) mass is 376 g/mol. The van der Waals surface area contributed by atoms with Crippen LogP contribution in [0.2, 0.25) is 0 Å². The molecule has 1 aliphatic carbocycles. The minimum Gasteiger partial charge on any atom is -0.473 e. The molecular formula is C16H28N2O6S. The Bertz CT molecular complexity index is 555. The van der Waals surface area contributed by atoms with Gasteiger partial charge in [0.05, 0.1) is 5.75 Å². The molecule has 0 bridgehead atoms. The van der Waals surface area contributed by atoms with Gasteiger partial charge < -0.3 is 15.1 Å². The van der Waals surface area contributed by atoms with Crippen molar-refractivity contribution < 1.29 is 28.2 Å². The van der Waals surface area contributed by atoms with Crippen LogP contribution in [0.5, 0.6) is 0 Å². The van der Waals surface area contributed by atoms with Gasteiger partial charge >= 0.3 is 11.9 Å². The smallest absolute Gasteiger partial charge is 0.414 e. The van der Waals surface area contributed by atoms with Gasteiger partial charge in [0.1, 0.15) is 0 Å². The lowest BCUT2D eigenvalue weighted by atomic mass is 9.94. The second-order valence-corrected chi connectivity index (χ2v) is 8.36. The highest BCUT2D eigenvalue weighted by Crippen LogP contribution is 2.20. The van der Waals surface area contributed by atoms with Gasteiger partial charge in [0.15, 0.2) is 0 Å². The summed E-state index contributed by atoms with van der Waals surface area (Å²) < 4.78 is 25.6. The van der Waals surface area contributed by atoms with Gasteiger partial charge in [-0.1, -0.05) is 19.1 Å². The van der Waals surface area contributed by atoms with E-state index in [4.69, 9.17) is 19.8 Å². The largest absolute Gasteiger partial charge is 0.473 e. The zero-order valence-corrected chi connectivity index (χ0v) is 15.4. The molecule has 0 radical (unpaired) electrons. The number of aliphatic carboxylic acids is 2. The molecule has 2 N–H and O–H groups in total. The molecular weight excluding hydrogens is 348 g/mol. The number of rotatable bonds is 5. The highest BCUT2D eigenvalue weighted by molar-refractivity contribution is 7.89. The van der Waals surface area contributed by atoms with Crippen molar-refractivity contribution in [3.63, 3.8) is 0 Å². The van der Waals surface area contributed by atoms with Crippen LogP contribution in [0.15, 0.2) is 12.2 Å². The third-order valence-electron chi connectivity index (χ3n) is 4.26. The first-order chi connectivity index (χ1) is 11.8. The third-order valence-corrected chi connectivity index (χ3v) is 6.34. The molecule has 1 unspecified atom stereocenters. The summed E-state index contributed by atoms with van der Waals surface area (Å²) in [4.78, 5) is 20.6. The molecule has 2 aliphatic rings. The molecule has 144 valence electrons. The van der Waals surface area contributed by atoms with Crippen molar-refractivity contribution in [2.75, 3.05) is 38.5 Å². The molecule has 1 saturated heterocycles. The van der Waals surface area contributed by atoms with Crippen LogP contribution in [-0.2, 0) is 19.6 Å². The number of carbonyl (C=O) groups is 2. The highest BCUT2D eigenvalue weighted by Gasteiger charge is 2.27. The Hall–Kier alpha value is -1.45. The first-order valence-corrected chi connectivity index (χ1v) is 10.2. The SMILES string of the molecule is CCCS(=O)(=O)N1CCN(CC2CC=CCC2)CC1.O=C(O)C(=O)O. The molecule has 1 fully saturated rings. The topological polar surface area (TPSA) is 115 Å². The Morgan fingerprint density at radius 1 is 1.08 bits per heavy atom. The van der Waals surface area contributed by atoms with Crippen LogP contribution < -0.4 is 0 Å². The molecule has 0 amide bonds. The lowest BCUT2D eigenvalue weighted by Crippen LogP contribution is -2.50. The van der Waals surface area contributed by atoms with Crippen molar-refractivity contribution in [2.45, 2.75) is 32.6 Å². The fraction of sp³-hybridized carbons (Fsp3) is 0.750. The summed E-state index contributed by atoms with van der Waals surface area (Å²) >= 11 is 0. The summed E-state index contributed by atoms with van der Waals surface area (Å²) in [5.74, 6) is -2.59. The molecule has 0 aromatic carbocycles. The summed E-state index contributed by atoms with van der Waals surface area (Å²) in [5, 5.41) is 14.8. The van der Waals surface area contributed by atoms with Gasteiger partial charge in [-0.15, -0.1) is 0 Å². The number of sulfonamides is 1. The Labute approximate surface area is 149 Å². The molecule has 8 nitrogen and oxygen atoms in total. The Balaban J connectivity index is 0.000000450. The van der Waals surface area contributed by atoms with E-state index in [1.54, 1.807) is 4.31 Å². The number of hydrogen-bond acceptors (Lipinski definition) is 5. The maximum atomic E-state index is 12.0. The lowest BCUT2D eigenvalue weighted by molar-refractivity contribution is -0.159. The van der Waals surface area contributed by atoms with Crippen LogP contribution >= 0.6 is 0 Å². The van der Waals surface area contributed by atoms with E-state index in [0.29, 0.717) is 25.3 Å². The lowest BCUT2D eigenvalue weighted by Gasteiger charge is -2.36. The van der Waals surface area contributed by atoms with E-state index >= 15 is 0 Å². The van der Waals surface area contributed by atoms with E-state index in [1.807, 2.05) is 6.92 Å². The number of hydrogen-bond donors (Lipinski definition) is 2. The number of piperazine rings is 1. The molecule has 1 aliphatic heterocycles. The van der Waals surface area contributed by atoms with Crippen molar-refractivity contribution >= 4 is 22.0 Å². The summed E-state index contributed by atoms with van der Waals surface area (Å²) in [6.07, 6.45) is 8.94. The van der Waals surface area contributed by atoms with Crippen LogP contribution in [-0.4, -0.2) is 78.3 Å². The Kier molecular flexibility index (Phi) is 9.09. The first-order valence-electron chi connectivity index (χ1n) is 8.57. The molecule has 0 aromatic rings. The van der Waals surface area contributed by atoms with Crippen molar-refractivity contribution in [2.24, 2.45) is 5.92 Å². The van der Waals surface area contributed by atoms with Gasteiger partial charge in [0.25, 0.3) is 0 Å². The molecule has 0 aromatic heterocycles. The normalized spacial score (nSPS) is 22.0. The molecule has 0 saturated carbocycles. The van der Waals surface area contributed by atoms with Crippen molar-refractivity contribution in [3.8, 4) is 0 Å². The van der Waals surface area contributed by atoms with Crippen LogP contribution in [0, 0.1) is 5.92 Å². The molecule has 1 atom stereocenters. The summed E-state index contributed by atoms with van der Waals surface area (Å²) in [5.41, 5.74) is 0. The van der Waals surface area contributed by atoms with Crippen molar-refractivity contribution in [1.82, 2.24) is 9.21 Å². The zero-order valence-electron chi connectivity index (χ0n) is 14.6. The van der Waals surface area contributed by atoms with Crippen LogP contribution in [0.25, 0.3) is 0 Å². The van der Waals surface area contributed by atoms with E-state index in [1.165, 1.54) is 19.3 Å². The van der Waals surface area contributed by atoms with E-state index in [-0.39, 0.29) is 0 Å². The van der Waals surface area contributed by atoms with E-state index in [0.717, 1.165) is 25.6 Å².